The van der Waals surface area contributed by atoms with Crippen LogP contribution in [0.25, 0.3) is 0 Å². The Morgan fingerprint density at radius 2 is 2.35 bits per heavy atom. The van der Waals surface area contributed by atoms with E-state index in [4.69, 9.17) is 4.74 Å². The van der Waals surface area contributed by atoms with E-state index in [9.17, 15) is 9.90 Å². The summed E-state index contributed by atoms with van der Waals surface area (Å²) in [5, 5.41) is 12.9. The minimum absolute atomic E-state index is 0.0565. The zero-order valence-corrected chi connectivity index (χ0v) is 11.6. The predicted molar refractivity (Wildman–Crippen MR) is 75.8 cm³/mol. The van der Waals surface area contributed by atoms with Gasteiger partial charge in [0.1, 0.15) is 12.4 Å². The number of phenolic OH excluding ortho intramolecular Hbond substituents is 1. The highest BCUT2D eigenvalue weighted by Gasteiger charge is 2.43. The fourth-order valence-electron chi connectivity index (χ4n) is 3.07. The van der Waals surface area contributed by atoms with E-state index in [-0.39, 0.29) is 23.9 Å². The number of aromatic hydroxyl groups is 1. The Labute approximate surface area is 118 Å². The molecule has 0 saturated carbocycles. The van der Waals surface area contributed by atoms with Crippen LogP contribution < -0.4 is 10.2 Å². The lowest BCUT2D eigenvalue weighted by Gasteiger charge is -2.43. The predicted octanol–water partition coefficient (Wildman–Crippen LogP) is 1.12. The summed E-state index contributed by atoms with van der Waals surface area (Å²) < 4.78 is 5.85. The van der Waals surface area contributed by atoms with Crippen molar-refractivity contribution in [3.05, 3.63) is 24.3 Å². The molecule has 0 spiro atoms. The molecule has 108 valence electrons. The molecule has 1 aromatic carbocycles. The van der Waals surface area contributed by atoms with Crippen molar-refractivity contribution in [2.75, 3.05) is 31.1 Å². The number of nitrogens with one attached hydrogen (secondary N) is 1. The van der Waals surface area contributed by atoms with E-state index < -0.39 is 0 Å². The Kier molecular flexibility index (Phi) is 3.40. The third kappa shape index (κ3) is 2.39. The lowest BCUT2D eigenvalue weighted by molar-refractivity contribution is -0.142. The second-order valence-electron chi connectivity index (χ2n) is 5.79. The molecule has 1 aromatic rings. The van der Waals surface area contributed by atoms with E-state index in [0.29, 0.717) is 12.5 Å². The molecule has 2 heterocycles. The maximum atomic E-state index is 12.1. The van der Waals surface area contributed by atoms with E-state index in [0.717, 1.165) is 25.2 Å². The lowest BCUT2D eigenvalue weighted by atomic mass is 9.86. The van der Waals surface area contributed by atoms with Crippen LogP contribution in [0.4, 0.5) is 5.69 Å². The number of phenols is 1. The number of carbonyl (C=O) groups is 1. The number of benzene rings is 1. The molecule has 2 aliphatic rings. The Morgan fingerprint density at radius 1 is 1.50 bits per heavy atom. The zero-order chi connectivity index (χ0) is 14.2. The van der Waals surface area contributed by atoms with Crippen molar-refractivity contribution < 1.29 is 14.6 Å². The Hall–Kier alpha value is -1.59. The number of hydrogen-bond acceptors (Lipinski definition) is 4. The molecule has 2 atom stereocenters. The van der Waals surface area contributed by atoms with E-state index in [1.54, 1.807) is 23.1 Å². The van der Waals surface area contributed by atoms with Crippen molar-refractivity contribution in [3.63, 3.8) is 0 Å². The van der Waals surface area contributed by atoms with Crippen LogP contribution >= 0.6 is 0 Å². The number of carbonyl (C=O) groups excluding carboxylic acids is 1. The Morgan fingerprint density at radius 3 is 3.05 bits per heavy atom. The topological polar surface area (TPSA) is 61.8 Å². The second kappa shape index (κ2) is 5.07. The number of rotatable bonds is 2. The Bertz CT molecular complexity index is 514. The van der Waals surface area contributed by atoms with Gasteiger partial charge in [-0.15, -0.1) is 0 Å². The molecule has 5 nitrogen and oxygen atoms in total. The van der Waals surface area contributed by atoms with Gasteiger partial charge in [0.15, 0.2) is 0 Å². The Balaban J connectivity index is 1.84. The first-order chi connectivity index (χ1) is 9.58. The average Bonchev–Trinajstić information content (AvgIpc) is 2.97. The molecule has 2 unspecified atom stereocenters. The van der Waals surface area contributed by atoms with Crippen molar-refractivity contribution in [1.82, 2.24) is 5.32 Å². The van der Waals surface area contributed by atoms with Crippen molar-refractivity contribution in [2.24, 2.45) is 5.92 Å². The minimum atomic E-state index is -0.330. The molecule has 0 radical (unpaired) electrons. The molecule has 2 aliphatic heterocycles. The number of morpholine rings is 1. The van der Waals surface area contributed by atoms with E-state index in [2.05, 4.69) is 12.2 Å². The van der Waals surface area contributed by atoms with Crippen LogP contribution in [0, 0.1) is 5.92 Å². The fourth-order valence-corrected chi connectivity index (χ4v) is 3.07. The van der Waals surface area contributed by atoms with Crippen LogP contribution in [0.5, 0.6) is 5.75 Å². The molecule has 1 amide bonds. The van der Waals surface area contributed by atoms with E-state index >= 15 is 0 Å². The summed E-state index contributed by atoms with van der Waals surface area (Å²) in [5.74, 6) is 0.528. The highest BCUT2D eigenvalue weighted by Crippen LogP contribution is 2.33. The van der Waals surface area contributed by atoms with Crippen molar-refractivity contribution >= 4 is 11.6 Å². The summed E-state index contributed by atoms with van der Waals surface area (Å²) in [4.78, 5) is 13.8. The molecular formula is C15H20N2O3. The van der Waals surface area contributed by atoms with Crippen LogP contribution in [0.3, 0.4) is 0 Å². The average molecular weight is 276 g/mol. The van der Waals surface area contributed by atoms with E-state index in [1.807, 2.05) is 6.07 Å². The first-order valence-electron chi connectivity index (χ1n) is 7.02. The molecule has 0 aromatic heterocycles. The van der Waals surface area contributed by atoms with Crippen LogP contribution in [0.15, 0.2) is 24.3 Å². The van der Waals surface area contributed by atoms with Crippen LogP contribution in [-0.2, 0) is 9.53 Å². The first kappa shape index (κ1) is 13.4. The van der Waals surface area contributed by atoms with Gasteiger partial charge in [-0.25, -0.2) is 0 Å². The second-order valence-corrected chi connectivity index (χ2v) is 5.79. The van der Waals surface area contributed by atoms with Gasteiger partial charge in [0.2, 0.25) is 0 Å². The van der Waals surface area contributed by atoms with Gasteiger partial charge < -0.3 is 20.1 Å². The van der Waals surface area contributed by atoms with Gasteiger partial charge in [-0.3, -0.25) is 4.79 Å². The maximum Gasteiger partial charge on any atom is 0.253 e. The highest BCUT2D eigenvalue weighted by atomic mass is 16.5. The van der Waals surface area contributed by atoms with Crippen LogP contribution in [0.2, 0.25) is 0 Å². The molecule has 2 N–H and O–H groups in total. The van der Waals surface area contributed by atoms with Gasteiger partial charge in [0.05, 0.1) is 12.1 Å². The number of anilines is 1. The monoisotopic (exact) mass is 276 g/mol. The van der Waals surface area contributed by atoms with Gasteiger partial charge in [-0.1, -0.05) is 6.07 Å². The summed E-state index contributed by atoms with van der Waals surface area (Å²) in [6.07, 6.45) is 1.07. The summed E-state index contributed by atoms with van der Waals surface area (Å²) in [6, 6.07) is 6.82. The fraction of sp³-hybridized carbons (Fsp3) is 0.533. The number of ether oxygens (including phenoxy) is 1. The molecule has 20 heavy (non-hydrogen) atoms. The smallest absolute Gasteiger partial charge is 0.253 e. The van der Waals surface area contributed by atoms with Gasteiger partial charge in [-0.05, 0) is 32.0 Å². The van der Waals surface area contributed by atoms with E-state index in [1.165, 1.54) is 0 Å². The first-order valence-corrected chi connectivity index (χ1v) is 7.02. The quantitative estimate of drug-likeness (QED) is 0.850. The maximum absolute atomic E-state index is 12.1. The molecule has 0 bridgehead atoms. The number of nitrogens with zero attached hydrogens (tertiary/aromatic N) is 1. The van der Waals surface area contributed by atoms with Crippen LogP contribution in [0.1, 0.15) is 13.3 Å². The third-order valence-corrected chi connectivity index (χ3v) is 4.36. The van der Waals surface area contributed by atoms with Crippen molar-refractivity contribution in [3.8, 4) is 5.75 Å². The minimum Gasteiger partial charge on any atom is -0.508 e. The van der Waals surface area contributed by atoms with Crippen LogP contribution in [-0.4, -0.2) is 42.9 Å². The normalized spacial score (nSPS) is 30.8. The van der Waals surface area contributed by atoms with Gasteiger partial charge in [-0.2, -0.15) is 0 Å². The molecule has 2 fully saturated rings. The lowest BCUT2D eigenvalue weighted by Crippen LogP contribution is -2.57. The number of hydrogen-bond donors (Lipinski definition) is 2. The summed E-state index contributed by atoms with van der Waals surface area (Å²) in [5.41, 5.74) is 0.401. The third-order valence-electron chi connectivity index (χ3n) is 4.36. The largest absolute Gasteiger partial charge is 0.508 e. The van der Waals surface area contributed by atoms with Crippen molar-refractivity contribution in [1.29, 1.82) is 0 Å². The van der Waals surface area contributed by atoms with Gasteiger partial charge in [0.25, 0.3) is 5.91 Å². The highest BCUT2D eigenvalue weighted by molar-refractivity contribution is 5.95. The molecule has 2 saturated heterocycles. The summed E-state index contributed by atoms with van der Waals surface area (Å²) in [7, 11) is 0. The van der Waals surface area contributed by atoms with Crippen molar-refractivity contribution in [2.45, 2.75) is 18.9 Å². The van der Waals surface area contributed by atoms with Gasteiger partial charge in [0, 0.05) is 24.2 Å². The van der Waals surface area contributed by atoms with Gasteiger partial charge >= 0.3 is 0 Å². The summed E-state index contributed by atoms with van der Waals surface area (Å²) >= 11 is 0. The summed E-state index contributed by atoms with van der Waals surface area (Å²) in [6.45, 7) is 4.64. The number of amides is 1. The standard InChI is InChI=1S/C15H20N2O3/c1-15(11-5-6-16-8-11)10-17(14(19)9-20-15)12-3-2-4-13(18)7-12/h2-4,7,11,16,18H,5-6,8-10H2,1H3. The molecule has 0 aliphatic carbocycles. The SMILES string of the molecule is CC1(C2CCNC2)CN(c2cccc(O)c2)C(=O)CO1. The molecule has 3 rings (SSSR count). The zero-order valence-electron chi connectivity index (χ0n) is 11.6. The molecular weight excluding hydrogens is 256 g/mol. The molecule has 5 heteroatoms.